The Morgan fingerprint density at radius 3 is 2.82 bits per heavy atom. The standard InChI is InChI=1S/C18H22N4O5S/c1-11(16(24)18-21-12-6-3-4-8-14(12)27-18)20-17(25)13-7-5-9-22(13)15(23)10-19-28(2)26/h3-4,6,8,11,13,19H,5,7,9-10H2,1-2H3,(H,20,25)/t11-,13?,28?/m0/s1. The maximum atomic E-state index is 12.6. The zero-order valence-corrected chi connectivity index (χ0v) is 16.5. The number of Topliss-reactive ketones (excluding diaryl/α,β-unsaturated/α-hetero) is 1. The molecule has 3 atom stereocenters. The summed E-state index contributed by atoms with van der Waals surface area (Å²) >= 11 is 0. The van der Waals surface area contributed by atoms with Crippen LogP contribution in [0.5, 0.6) is 0 Å². The molecule has 1 aromatic heterocycles. The fourth-order valence-corrected chi connectivity index (χ4v) is 3.47. The van der Waals surface area contributed by atoms with E-state index in [1.165, 1.54) is 11.2 Å². The van der Waals surface area contributed by atoms with Crippen LogP contribution in [0.1, 0.15) is 30.5 Å². The molecule has 2 heterocycles. The van der Waals surface area contributed by atoms with Crippen molar-refractivity contribution in [2.45, 2.75) is 31.8 Å². The van der Waals surface area contributed by atoms with Gasteiger partial charge in [0.2, 0.25) is 17.6 Å². The summed E-state index contributed by atoms with van der Waals surface area (Å²) in [5.74, 6) is -1.21. The van der Waals surface area contributed by atoms with Gasteiger partial charge in [0, 0.05) is 12.8 Å². The Morgan fingerprint density at radius 2 is 2.11 bits per heavy atom. The molecule has 2 aromatic rings. The number of carbonyl (C=O) groups is 3. The molecule has 9 nitrogen and oxygen atoms in total. The largest absolute Gasteiger partial charge is 0.434 e. The first-order valence-electron chi connectivity index (χ1n) is 8.93. The molecule has 1 aliphatic heterocycles. The van der Waals surface area contributed by atoms with E-state index in [2.05, 4.69) is 15.0 Å². The van der Waals surface area contributed by atoms with Gasteiger partial charge in [-0.25, -0.2) is 13.9 Å². The number of oxazole rings is 1. The van der Waals surface area contributed by atoms with E-state index in [0.29, 0.717) is 30.5 Å². The summed E-state index contributed by atoms with van der Waals surface area (Å²) < 4.78 is 19.1. The van der Waals surface area contributed by atoms with Crippen LogP contribution >= 0.6 is 0 Å². The minimum atomic E-state index is -1.31. The summed E-state index contributed by atoms with van der Waals surface area (Å²) in [5, 5.41) is 2.65. The number of benzene rings is 1. The van der Waals surface area contributed by atoms with Crippen molar-refractivity contribution in [2.24, 2.45) is 0 Å². The summed E-state index contributed by atoms with van der Waals surface area (Å²) in [4.78, 5) is 43.1. The van der Waals surface area contributed by atoms with E-state index in [-0.39, 0.29) is 18.3 Å². The fraction of sp³-hybridized carbons (Fsp3) is 0.444. The molecule has 2 N–H and O–H groups in total. The van der Waals surface area contributed by atoms with E-state index in [0.717, 1.165) is 0 Å². The lowest BCUT2D eigenvalue weighted by Gasteiger charge is -2.25. The fourth-order valence-electron chi connectivity index (χ4n) is 3.14. The molecule has 10 heteroatoms. The van der Waals surface area contributed by atoms with Gasteiger partial charge in [-0.1, -0.05) is 12.1 Å². The molecule has 1 aliphatic rings. The number of nitrogens with zero attached hydrogens (tertiary/aromatic N) is 2. The predicted molar refractivity (Wildman–Crippen MR) is 103 cm³/mol. The minimum absolute atomic E-state index is 0.0667. The summed E-state index contributed by atoms with van der Waals surface area (Å²) in [6.45, 7) is 1.89. The Morgan fingerprint density at radius 1 is 1.36 bits per heavy atom. The first kappa shape index (κ1) is 20.2. The second kappa shape index (κ2) is 8.61. The Labute approximate surface area is 164 Å². The van der Waals surface area contributed by atoms with Crippen molar-refractivity contribution in [1.29, 1.82) is 0 Å². The van der Waals surface area contributed by atoms with Gasteiger partial charge in [0.1, 0.15) is 11.6 Å². The highest BCUT2D eigenvalue weighted by Gasteiger charge is 2.35. The van der Waals surface area contributed by atoms with Crippen molar-refractivity contribution in [2.75, 3.05) is 19.3 Å². The maximum Gasteiger partial charge on any atom is 0.266 e. The molecule has 2 unspecified atom stereocenters. The molecule has 1 saturated heterocycles. The zero-order chi connectivity index (χ0) is 20.3. The average Bonchev–Trinajstić information content (AvgIpc) is 3.32. The van der Waals surface area contributed by atoms with E-state index in [9.17, 15) is 18.6 Å². The quantitative estimate of drug-likeness (QED) is 0.642. The molecular weight excluding hydrogens is 384 g/mol. The summed E-state index contributed by atoms with van der Waals surface area (Å²) in [7, 11) is -1.31. The molecule has 1 aromatic carbocycles. The van der Waals surface area contributed by atoms with Gasteiger partial charge in [-0.05, 0) is 31.9 Å². The molecule has 0 aliphatic carbocycles. The molecule has 150 valence electrons. The molecule has 0 radical (unpaired) electrons. The molecule has 28 heavy (non-hydrogen) atoms. The number of amides is 2. The van der Waals surface area contributed by atoms with Gasteiger partial charge < -0.3 is 14.6 Å². The van der Waals surface area contributed by atoms with Crippen LogP contribution in [0.3, 0.4) is 0 Å². The van der Waals surface area contributed by atoms with Gasteiger partial charge in [0.25, 0.3) is 5.89 Å². The summed E-state index contributed by atoms with van der Waals surface area (Å²) in [6.07, 6.45) is 2.63. The smallest absolute Gasteiger partial charge is 0.266 e. The van der Waals surface area contributed by atoms with Crippen molar-refractivity contribution < 1.29 is 23.0 Å². The topological polar surface area (TPSA) is 122 Å². The number of aromatic nitrogens is 1. The molecule has 0 saturated carbocycles. The monoisotopic (exact) mass is 406 g/mol. The Kier molecular flexibility index (Phi) is 6.20. The van der Waals surface area contributed by atoms with Crippen LogP contribution < -0.4 is 10.0 Å². The lowest BCUT2D eigenvalue weighted by atomic mass is 10.1. The van der Waals surface area contributed by atoms with Gasteiger partial charge in [-0.2, -0.15) is 0 Å². The molecule has 0 bridgehead atoms. The van der Waals surface area contributed by atoms with E-state index in [4.69, 9.17) is 4.42 Å². The second-order valence-electron chi connectivity index (χ2n) is 6.60. The second-order valence-corrected chi connectivity index (χ2v) is 7.80. The van der Waals surface area contributed by atoms with Gasteiger partial charge >= 0.3 is 0 Å². The number of hydrogen-bond acceptors (Lipinski definition) is 6. The van der Waals surface area contributed by atoms with Crippen LogP contribution in [0.25, 0.3) is 11.1 Å². The molecule has 2 amide bonds. The van der Waals surface area contributed by atoms with Crippen LogP contribution in [-0.2, 0) is 20.6 Å². The highest BCUT2D eigenvalue weighted by atomic mass is 32.2. The van der Waals surface area contributed by atoms with Gasteiger partial charge in [-0.3, -0.25) is 14.4 Å². The number of nitrogens with one attached hydrogen (secondary N) is 2. The van der Waals surface area contributed by atoms with Crippen LogP contribution in [0.15, 0.2) is 28.7 Å². The number of likely N-dealkylation sites (tertiary alicyclic amines) is 1. The molecule has 0 spiro atoms. The molecule has 3 rings (SSSR count). The van der Waals surface area contributed by atoms with E-state index in [1.807, 2.05) is 0 Å². The highest BCUT2D eigenvalue weighted by molar-refractivity contribution is 7.82. The number of hydrogen-bond donors (Lipinski definition) is 2. The first-order valence-corrected chi connectivity index (χ1v) is 10.5. The number of para-hydroxylation sites is 2. The van der Waals surface area contributed by atoms with Crippen molar-refractivity contribution in [3.63, 3.8) is 0 Å². The molecule has 1 fully saturated rings. The molecular formula is C18H22N4O5S. The maximum absolute atomic E-state index is 12.6. The van der Waals surface area contributed by atoms with Crippen LogP contribution in [0, 0.1) is 0 Å². The Balaban J connectivity index is 1.63. The lowest BCUT2D eigenvalue weighted by Crippen LogP contribution is -2.51. The Bertz CT molecular complexity index is 895. The van der Waals surface area contributed by atoms with Gasteiger partial charge in [-0.15, -0.1) is 0 Å². The van der Waals surface area contributed by atoms with Crippen molar-refractivity contribution in [1.82, 2.24) is 19.9 Å². The van der Waals surface area contributed by atoms with E-state index in [1.54, 1.807) is 31.2 Å². The van der Waals surface area contributed by atoms with Crippen molar-refractivity contribution in [3.8, 4) is 0 Å². The third kappa shape index (κ3) is 4.45. The van der Waals surface area contributed by atoms with Crippen molar-refractivity contribution >= 4 is 39.7 Å². The Hall–Kier alpha value is -2.59. The summed E-state index contributed by atoms with van der Waals surface area (Å²) in [5.41, 5.74) is 1.07. The number of ketones is 1. The van der Waals surface area contributed by atoms with Gasteiger partial charge in [0.05, 0.1) is 23.6 Å². The van der Waals surface area contributed by atoms with Crippen LogP contribution in [0.2, 0.25) is 0 Å². The summed E-state index contributed by atoms with van der Waals surface area (Å²) in [6, 6.07) is 5.51. The van der Waals surface area contributed by atoms with Crippen LogP contribution in [0.4, 0.5) is 0 Å². The van der Waals surface area contributed by atoms with E-state index >= 15 is 0 Å². The van der Waals surface area contributed by atoms with Crippen molar-refractivity contribution in [3.05, 3.63) is 30.2 Å². The number of fused-ring (bicyclic) bond motifs is 1. The highest BCUT2D eigenvalue weighted by Crippen LogP contribution is 2.19. The predicted octanol–water partition coefficient (Wildman–Crippen LogP) is 0.389. The zero-order valence-electron chi connectivity index (χ0n) is 15.6. The van der Waals surface area contributed by atoms with Crippen LogP contribution in [-0.4, -0.2) is 63.1 Å². The SMILES string of the molecule is C[C@H](NC(=O)C1CCCN1C(=O)CNS(C)=O)C(=O)c1nc2ccccc2o1. The first-order chi connectivity index (χ1) is 13.4. The third-order valence-corrected chi connectivity index (χ3v) is 5.11. The number of rotatable bonds is 7. The normalized spacial score (nSPS) is 18.8. The van der Waals surface area contributed by atoms with Gasteiger partial charge in [0.15, 0.2) is 5.58 Å². The van der Waals surface area contributed by atoms with E-state index < -0.39 is 34.8 Å². The lowest BCUT2D eigenvalue weighted by molar-refractivity contribution is -0.137. The minimum Gasteiger partial charge on any atom is -0.434 e. The third-order valence-electron chi connectivity index (χ3n) is 4.56. The number of carbonyl (C=O) groups excluding carboxylic acids is 3. The average molecular weight is 406 g/mol.